The fourth-order valence-corrected chi connectivity index (χ4v) is 2.33. The minimum Gasteiger partial charge on any atom is -0.507 e. The van der Waals surface area contributed by atoms with Crippen molar-refractivity contribution in [2.24, 2.45) is 0 Å². The van der Waals surface area contributed by atoms with Crippen molar-refractivity contribution in [2.75, 3.05) is 12.8 Å². The number of pyridine rings is 1. The molecular formula is C14H9ClN4O3. The van der Waals surface area contributed by atoms with Crippen LogP contribution in [0, 0.1) is 22.7 Å². The minimum atomic E-state index is -0.778. The number of aromatic hydroxyl groups is 1. The molecule has 0 fully saturated rings. The fourth-order valence-electron chi connectivity index (χ4n) is 2.03. The van der Waals surface area contributed by atoms with Gasteiger partial charge in [0.15, 0.2) is 0 Å². The summed E-state index contributed by atoms with van der Waals surface area (Å²) in [7, 11) is 1.39. The van der Waals surface area contributed by atoms with E-state index in [1.165, 1.54) is 19.2 Å². The summed E-state index contributed by atoms with van der Waals surface area (Å²) in [4.78, 5) is 14.1. The number of methoxy groups -OCH3 is 1. The number of phenols is 1. The van der Waals surface area contributed by atoms with Gasteiger partial charge in [0.1, 0.15) is 40.6 Å². The summed E-state index contributed by atoms with van der Waals surface area (Å²) in [6.45, 7) is 0. The number of benzene rings is 1. The molecule has 0 saturated carbocycles. The van der Waals surface area contributed by atoms with E-state index in [2.05, 4.69) is 4.98 Å². The molecule has 22 heavy (non-hydrogen) atoms. The van der Waals surface area contributed by atoms with Crippen LogP contribution in [0.3, 0.4) is 0 Å². The van der Waals surface area contributed by atoms with Crippen LogP contribution < -0.4 is 16.0 Å². The monoisotopic (exact) mass is 316 g/mol. The standard InChI is InChI=1S/C14H9ClN4O3/c1-22-6-2-9(15)12(10(20)3-6)11-7(4-16)13(18)19-14(21)8(11)5-17/h2-3,20H,1H3,(H3,18,19,21). The Balaban J connectivity index is 2.99. The predicted molar refractivity (Wildman–Crippen MR) is 79.6 cm³/mol. The molecule has 0 radical (unpaired) electrons. The number of hydrogen-bond donors (Lipinski definition) is 3. The Morgan fingerprint density at radius 3 is 2.41 bits per heavy atom. The van der Waals surface area contributed by atoms with Crippen molar-refractivity contribution < 1.29 is 9.84 Å². The van der Waals surface area contributed by atoms with Gasteiger partial charge in [-0.1, -0.05) is 11.6 Å². The Bertz CT molecular complexity index is 883. The largest absolute Gasteiger partial charge is 0.507 e. The van der Waals surface area contributed by atoms with Gasteiger partial charge in [0.05, 0.1) is 12.1 Å². The number of nitrogens with zero attached hydrogens (tertiary/aromatic N) is 2. The number of phenolic OH excluding ortho intramolecular Hbond substituents is 1. The van der Waals surface area contributed by atoms with Crippen molar-refractivity contribution in [3.63, 3.8) is 0 Å². The van der Waals surface area contributed by atoms with Crippen LogP contribution in [0.1, 0.15) is 11.1 Å². The molecule has 8 heteroatoms. The van der Waals surface area contributed by atoms with E-state index in [0.717, 1.165) is 0 Å². The van der Waals surface area contributed by atoms with Gasteiger partial charge in [-0.25, -0.2) is 0 Å². The van der Waals surface area contributed by atoms with Crippen LogP contribution in [0.5, 0.6) is 11.5 Å². The van der Waals surface area contributed by atoms with Gasteiger partial charge in [-0.15, -0.1) is 0 Å². The number of H-pyrrole nitrogens is 1. The van der Waals surface area contributed by atoms with E-state index < -0.39 is 5.56 Å². The van der Waals surface area contributed by atoms with Crippen LogP contribution in [-0.4, -0.2) is 17.2 Å². The van der Waals surface area contributed by atoms with E-state index in [9.17, 15) is 20.4 Å². The molecule has 1 aromatic carbocycles. The molecule has 0 aliphatic heterocycles. The van der Waals surface area contributed by atoms with Crippen molar-refractivity contribution in [3.8, 4) is 34.8 Å². The number of nitriles is 2. The van der Waals surface area contributed by atoms with Crippen molar-refractivity contribution >= 4 is 17.4 Å². The number of anilines is 1. The first kappa shape index (κ1) is 15.2. The lowest BCUT2D eigenvalue weighted by Gasteiger charge is -2.13. The number of hydrogen-bond acceptors (Lipinski definition) is 6. The second-order valence-corrected chi connectivity index (χ2v) is 4.63. The van der Waals surface area contributed by atoms with E-state index in [0.29, 0.717) is 0 Å². The highest BCUT2D eigenvalue weighted by atomic mass is 35.5. The normalized spacial score (nSPS) is 9.82. The number of nitrogens with one attached hydrogen (secondary N) is 1. The molecule has 0 aliphatic rings. The lowest BCUT2D eigenvalue weighted by molar-refractivity contribution is 0.408. The van der Waals surface area contributed by atoms with Gasteiger partial charge in [-0.2, -0.15) is 10.5 Å². The molecule has 110 valence electrons. The van der Waals surface area contributed by atoms with Gasteiger partial charge in [-0.3, -0.25) is 4.79 Å². The topological polar surface area (TPSA) is 136 Å². The molecule has 2 rings (SSSR count). The van der Waals surface area contributed by atoms with E-state index in [4.69, 9.17) is 22.1 Å². The smallest absolute Gasteiger partial charge is 0.268 e. The molecule has 2 aromatic rings. The number of nitrogen functional groups attached to an aromatic ring is 1. The first-order chi connectivity index (χ1) is 10.4. The maximum absolute atomic E-state index is 11.9. The van der Waals surface area contributed by atoms with Crippen molar-refractivity contribution in [2.45, 2.75) is 0 Å². The molecule has 0 bridgehead atoms. The Morgan fingerprint density at radius 1 is 1.27 bits per heavy atom. The summed E-state index contributed by atoms with van der Waals surface area (Å²) >= 11 is 6.10. The molecule has 0 amide bonds. The molecule has 0 saturated heterocycles. The van der Waals surface area contributed by atoms with Crippen LogP contribution in [0.25, 0.3) is 11.1 Å². The third-order valence-corrected chi connectivity index (χ3v) is 3.29. The second-order valence-electron chi connectivity index (χ2n) is 4.22. The van der Waals surface area contributed by atoms with Gasteiger partial charge >= 0.3 is 0 Å². The Hall–Kier alpha value is -3.16. The zero-order valence-electron chi connectivity index (χ0n) is 11.3. The third-order valence-electron chi connectivity index (χ3n) is 3.00. The van der Waals surface area contributed by atoms with E-state index in [-0.39, 0.29) is 44.6 Å². The number of aromatic nitrogens is 1. The highest BCUT2D eigenvalue weighted by molar-refractivity contribution is 6.34. The number of halogens is 1. The summed E-state index contributed by atoms with van der Waals surface area (Å²) in [6.07, 6.45) is 0. The molecule has 7 nitrogen and oxygen atoms in total. The Morgan fingerprint density at radius 2 is 1.91 bits per heavy atom. The van der Waals surface area contributed by atoms with Crippen molar-refractivity contribution in [1.29, 1.82) is 10.5 Å². The average Bonchev–Trinajstić information content (AvgIpc) is 2.46. The number of rotatable bonds is 2. The molecule has 4 N–H and O–H groups in total. The van der Waals surface area contributed by atoms with E-state index in [1.807, 2.05) is 0 Å². The highest BCUT2D eigenvalue weighted by Crippen LogP contribution is 2.42. The maximum atomic E-state index is 11.9. The number of nitrogens with two attached hydrogens (primary N) is 1. The van der Waals surface area contributed by atoms with Crippen LogP contribution in [0.4, 0.5) is 5.82 Å². The maximum Gasteiger partial charge on any atom is 0.268 e. The number of aromatic amines is 1. The molecule has 0 spiro atoms. The lowest BCUT2D eigenvalue weighted by atomic mass is 9.95. The quantitative estimate of drug-likeness (QED) is 0.771. The zero-order chi connectivity index (χ0) is 16.4. The van der Waals surface area contributed by atoms with E-state index in [1.54, 1.807) is 12.1 Å². The van der Waals surface area contributed by atoms with Gasteiger partial charge in [0.2, 0.25) is 0 Å². The van der Waals surface area contributed by atoms with Crippen LogP contribution in [-0.2, 0) is 0 Å². The lowest BCUT2D eigenvalue weighted by Crippen LogP contribution is -2.16. The molecule has 0 aliphatic carbocycles. The van der Waals surface area contributed by atoms with Gasteiger partial charge < -0.3 is 20.6 Å². The number of ether oxygens (including phenoxy) is 1. The summed E-state index contributed by atoms with van der Waals surface area (Å²) < 4.78 is 4.96. The van der Waals surface area contributed by atoms with Crippen molar-refractivity contribution in [1.82, 2.24) is 4.98 Å². The first-order valence-electron chi connectivity index (χ1n) is 5.87. The Labute approximate surface area is 129 Å². The predicted octanol–water partition coefficient (Wildman–Crippen LogP) is 1.74. The van der Waals surface area contributed by atoms with E-state index >= 15 is 0 Å². The summed E-state index contributed by atoms with van der Waals surface area (Å²) in [5.41, 5.74) is 4.17. The molecule has 1 aromatic heterocycles. The summed E-state index contributed by atoms with van der Waals surface area (Å²) in [5, 5.41) is 28.6. The molecule has 0 atom stereocenters. The summed E-state index contributed by atoms with van der Waals surface area (Å²) in [6, 6.07) is 6.13. The van der Waals surface area contributed by atoms with Crippen LogP contribution >= 0.6 is 11.6 Å². The third kappa shape index (κ3) is 2.30. The molecule has 1 heterocycles. The zero-order valence-corrected chi connectivity index (χ0v) is 12.0. The fraction of sp³-hybridized carbons (Fsp3) is 0.0714. The average molecular weight is 317 g/mol. The summed E-state index contributed by atoms with van der Waals surface area (Å²) in [5.74, 6) is -0.281. The van der Waals surface area contributed by atoms with Crippen LogP contribution in [0.2, 0.25) is 5.02 Å². The first-order valence-corrected chi connectivity index (χ1v) is 6.25. The SMILES string of the molecule is COc1cc(O)c(-c2c(C#N)c(N)[nH]c(=O)c2C#N)c(Cl)c1. The van der Waals surface area contributed by atoms with Gasteiger partial charge in [0.25, 0.3) is 5.56 Å². The van der Waals surface area contributed by atoms with Crippen LogP contribution in [0.15, 0.2) is 16.9 Å². The highest BCUT2D eigenvalue weighted by Gasteiger charge is 2.23. The van der Waals surface area contributed by atoms with Gasteiger partial charge in [0, 0.05) is 17.2 Å². The Kier molecular flexibility index (Phi) is 3.93. The minimum absolute atomic E-state index is 0.00912. The molecular weight excluding hydrogens is 308 g/mol. The van der Waals surface area contributed by atoms with Crippen molar-refractivity contribution in [3.05, 3.63) is 38.6 Å². The second kappa shape index (κ2) is 5.68. The molecule has 0 unspecified atom stereocenters. The van der Waals surface area contributed by atoms with Gasteiger partial charge in [-0.05, 0) is 6.07 Å².